The number of thioether (sulfide) groups is 1. The Morgan fingerprint density at radius 3 is 2.80 bits per heavy atom. The van der Waals surface area contributed by atoms with Crippen LogP contribution in [0.3, 0.4) is 0 Å². The van der Waals surface area contributed by atoms with Gasteiger partial charge >= 0.3 is 0 Å². The van der Waals surface area contributed by atoms with E-state index in [-0.39, 0.29) is 0 Å². The Balaban J connectivity index is 2.03. The van der Waals surface area contributed by atoms with Crippen molar-refractivity contribution in [2.75, 3.05) is 24.6 Å². The summed E-state index contributed by atoms with van der Waals surface area (Å²) in [6.07, 6.45) is 0. The van der Waals surface area contributed by atoms with Crippen LogP contribution in [0.4, 0.5) is 0 Å². The van der Waals surface area contributed by atoms with Crippen LogP contribution in [0.2, 0.25) is 5.15 Å². The van der Waals surface area contributed by atoms with Crippen molar-refractivity contribution in [2.45, 2.75) is 13.5 Å². The van der Waals surface area contributed by atoms with E-state index in [0.29, 0.717) is 5.15 Å². The van der Waals surface area contributed by atoms with Gasteiger partial charge < -0.3 is 0 Å². The van der Waals surface area contributed by atoms with Gasteiger partial charge in [0.2, 0.25) is 0 Å². The molecule has 0 radical (unpaired) electrons. The van der Waals surface area contributed by atoms with Gasteiger partial charge in [-0.25, -0.2) is 4.98 Å². The average Bonchev–Trinajstić information content (AvgIpc) is 2.24. The molecule has 4 heteroatoms. The number of nitrogens with zero attached hydrogens (tertiary/aromatic N) is 2. The highest BCUT2D eigenvalue weighted by Crippen LogP contribution is 2.16. The lowest BCUT2D eigenvalue weighted by Crippen LogP contribution is -2.32. The average molecular weight is 243 g/mol. The molecule has 2 heterocycles. The van der Waals surface area contributed by atoms with Crippen LogP contribution in [-0.4, -0.2) is 34.5 Å². The number of rotatable bonds is 2. The molecule has 0 atom stereocenters. The maximum Gasteiger partial charge on any atom is 0.129 e. The second-order valence-electron chi connectivity index (χ2n) is 3.77. The van der Waals surface area contributed by atoms with Gasteiger partial charge in [0.1, 0.15) is 5.15 Å². The molecule has 2 rings (SSSR count). The minimum atomic E-state index is 0.588. The van der Waals surface area contributed by atoms with E-state index in [4.69, 9.17) is 11.6 Å². The fourth-order valence-electron chi connectivity index (χ4n) is 1.73. The minimum Gasteiger partial charge on any atom is -0.297 e. The smallest absolute Gasteiger partial charge is 0.129 e. The predicted octanol–water partition coefficient (Wildman–Crippen LogP) is 2.59. The van der Waals surface area contributed by atoms with E-state index in [1.54, 1.807) is 0 Å². The maximum atomic E-state index is 5.83. The molecule has 1 aliphatic rings. The van der Waals surface area contributed by atoms with Crippen LogP contribution in [0.15, 0.2) is 12.1 Å². The van der Waals surface area contributed by atoms with Crippen molar-refractivity contribution in [3.8, 4) is 0 Å². The van der Waals surface area contributed by atoms with Crippen molar-refractivity contribution in [2.24, 2.45) is 0 Å². The molecule has 0 unspecified atom stereocenters. The summed E-state index contributed by atoms with van der Waals surface area (Å²) in [5.74, 6) is 2.50. The molecular formula is C11H15ClN2S. The molecule has 1 saturated heterocycles. The molecule has 1 aromatic heterocycles. The molecule has 0 aromatic carbocycles. The Hall–Kier alpha value is -0.250. The van der Waals surface area contributed by atoms with Crippen LogP contribution in [0.25, 0.3) is 0 Å². The first-order chi connectivity index (χ1) is 7.25. The zero-order valence-corrected chi connectivity index (χ0v) is 10.4. The molecule has 0 spiro atoms. The zero-order chi connectivity index (χ0) is 10.7. The van der Waals surface area contributed by atoms with Gasteiger partial charge in [0.15, 0.2) is 0 Å². The number of aryl methyl sites for hydroxylation is 1. The highest BCUT2D eigenvalue weighted by atomic mass is 35.5. The molecule has 0 amide bonds. The number of pyridine rings is 1. The van der Waals surface area contributed by atoms with E-state index >= 15 is 0 Å². The first-order valence-corrected chi connectivity index (χ1v) is 6.71. The molecule has 0 saturated carbocycles. The third-order valence-corrected chi connectivity index (χ3v) is 3.81. The number of hydrogen-bond acceptors (Lipinski definition) is 3. The summed E-state index contributed by atoms with van der Waals surface area (Å²) in [6.45, 7) is 5.41. The van der Waals surface area contributed by atoms with Crippen molar-refractivity contribution in [3.05, 3.63) is 28.5 Å². The maximum absolute atomic E-state index is 5.83. The monoisotopic (exact) mass is 242 g/mol. The molecule has 1 aromatic rings. The van der Waals surface area contributed by atoms with Crippen LogP contribution < -0.4 is 0 Å². The standard InChI is InChI=1S/C11H15ClN2S/c1-9-10(2-3-11(12)13-9)8-14-4-6-15-7-5-14/h2-3H,4-8H2,1H3. The first kappa shape index (κ1) is 11.2. The molecule has 82 valence electrons. The molecule has 1 fully saturated rings. The molecule has 15 heavy (non-hydrogen) atoms. The lowest BCUT2D eigenvalue weighted by Gasteiger charge is -2.26. The van der Waals surface area contributed by atoms with Crippen LogP contribution in [0, 0.1) is 6.92 Å². The Kier molecular flexibility index (Phi) is 3.89. The van der Waals surface area contributed by atoms with Crippen molar-refractivity contribution >= 4 is 23.4 Å². The zero-order valence-electron chi connectivity index (χ0n) is 8.87. The lowest BCUT2D eigenvalue weighted by atomic mass is 10.2. The second-order valence-corrected chi connectivity index (χ2v) is 5.38. The van der Waals surface area contributed by atoms with Crippen LogP contribution >= 0.6 is 23.4 Å². The highest BCUT2D eigenvalue weighted by Gasteiger charge is 2.12. The van der Waals surface area contributed by atoms with Gasteiger partial charge in [-0.3, -0.25) is 4.90 Å². The number of aromatic nitrogens is 1. The molecule has 1 aliphatic heterocycles. The van der Waals surface area contributed by atoms with Gasteiger partial charge in [-0.1, -0.05) is 17.7 Å². The number of hydrogen-bond donors (Lipinski definition) is 0. The van der Waals surface area contributed by atoms with Crippen LogP contribution in [-0.2, 0) is 6.54 Å². The predicted molar refractivity (Wildman–Crippen MR) is 66.6 cm³/mol. The van der Waals surface area contributed by atoms with Crippen molar-refractivity contribution in [1.29, 1.82) is 0 Å². The Labute approximate surface area is 100 Å². The minimum absolute atomic E-state index is 0.588. The summed E-state index contributed by atoms with van der Waals surface area (Å²) in [4.78, 5) is 6.75. The molecule has 0 aliphatic carbocycles. The summed E-state index contributed by atoms with van der Waals surface area (Å²) >= 11 is 7.87. The Morgan fingerprint density at radius 1 is 1.40 bits per heavy atom. The lowest BCUT2D eigenvalue weighted by molar-refractivity contribution is 0.293. The summed E-state index contributed by atoms with van der Waals surface area (Å²) < 4.78 is 0. The molecule has 2 nitrogen and oxygen atoms in total. The van der Waals surface area contributed by atoms with Crippen LogP contribution in [0.1, 0.15) is 11.3 Å². The summed E-state index contributed by atoms with van der Waals surface area (Å²) in [6, 6.07) is 3.97. The first-order valence-electron chi connectivity index (χ1n) is 5.18. The van der Waals surface area contributed by atoms with Crippen molar-refractivity contribution in [3.63, 3.8) is 0 Å². The van der Waals surface area contributed by atoms with Gasteiger partial charge in [-0.05, 0) is 18.6 Å². The second kappa shape index (κ2) is 5.19. The highest BCUT2D eigenvalue weighted by molar-refractivity contribution is 7.99. The third-order valence-electron chi connectivity index (χ3n) is 2.66. The van der Waals surface area contributed by atoms with Gasteiger partial charge in [-0.15, -0.1) is 0 Å². The van der Waals surface area contributed by atoms with Crippen molar-refractivity contribution in [1.82, 2.24) is 9.88 Å². The third kappa shape index (κ3) is 3.10. The van der Waals surface area contributed by atoms with E-state index in [2.05, 4.69) is 16.0 Å². The van der Waals surface area contributed by atoms with E-state index in [1.807, 2.05) is 24.8 Å². The largest absolute Gasteiger partial charge is 0.297 e. The van der Waals surface area contributed by atoms with Crippen molar-refractivity contribution < 1.29 is 0 Å². The van der Waals surface area contributed by atoms with Gasteiger partial charge in [-0.2, -0.15) is 11.8 Å². The van der Waals surface area contributed by atoms with E-state index in [1.165, 1.54) is 30.2 Å². The van der Waals surface area contributed by atoms with Gasteiger partial charge in [0.25, 0.3) is 0 Å². The SMILES string of the molecule is Cc1nc(Cl)ccc1CN1CCSCC1. The van der Waals surface area contributed by atoms with Gasteiger partial charge in [0, 0.05) is 36.8 Å². The Bertz CT molecular complexity index is 337. The van der Waals surface area contributed by atoms with E-state index in [0.717, 1.165) is 12.2 Å². The quantitative estimate of drug-likeness (QED) is 0.742. The van der Waals surface area contributed by atoms with E-state index < -0.39 is 0 Å². The fraction of sp³-hybridized carbons (Fsp3) is 0.545. The molecule has 0 bridgehead atoms. The summed E-state index contributed by atoms with van der Waals surface area (Å²) in [7, 11) is 0. The van der Waals surface area contributed by atoms with Crippen LogP contribution in [0.5, 0.6) is 0 Å². The molecular weight excluding hydrogens is 228 g/mol. The summed E-state index contributed by atoms with van der Waals surface area (Å²) in [5.41, 5.74) is 2.35. The fourth-order valence-corrected chi connectivity index (χ4v) is 2.90. The normalized spacial score (nSPS) is 18.0. The topological polar surface area (TPSA) is 16.1 Å². The molecule has 0 N–H and O–H groups in total. The summed E-state index contributed by atoms with van der Waals surface area (Å²) in [5, 5.41) is 0.588. The Morgan fingerprint density at radius 2 is 2.13 bits per heavy atom. The van der Waals surface area contributed by atoms with Gasteiger partial charge in [0.05, 0.1) is 0 Å². The number of halogens is 1. The van der Waals surface area contributed by atoms with E-state index in [9.17, 15) is 0 Å².